The summed E-state index contributed by atoms with van der Waals surface area (Å²) in [7, 11) is 3.88. The molecule has 146 valence electrons. The first-order valence-corrected chi connectivity index (χ1v) is 8.98. The van der Waals surface area contributed by atoms with Crippen molar-refractivity contribution in [2.75, 3.05) is 45.2 Å². The van der Waals surface area contributed by atoms with Gasteiger partial charge in [-0.25, -0.2) is 4.98 Å². The van der Waals surface area contributed by atoms with Crippen LogP contribution < -0.4 is 10.2 Å². The fourth-order valence-corrected chi connectivity index (χ4v) is 2.91. The van der Waals surface area contributed by atoms with Crippen LogP contribution >= 0.6 is 24.0 Å². The van der Waals surface area contributed by atoms with Crippen molar-refractivity contribution in [1.29, 1.82) is 0 Å². The number of allylic oxidation sites excluding steroid dienone is 1. The minimum atomic E-state index is 0. The number of ether oxygens (including phenoxy) is 1. The average molecular weight is 473 g/mol. The zero-order valence-electron chi connectivity index (χ0n) is 16.1. The van der Waals surface area contributed by atoms with Crippen molar-refractivity contribution in [3.8, 4) is 0 Å². The number of pyridine rings is 1. The van der Waals surface area contributed by atoms with Crippen LogP contribution in [0.15, 0.2) is 36.0 Å². The van der Waals surface area contributed by atoms with Crippen molar-refractivity contribution in [3.63, 3.8) is 0 Å². The summed E-state index contributed by atoms with van der Waals surface area (Å²) in [6, 6.07) is 4.20. The Kier molecular flexibility index (Phi) is 10.6. The summed E-state index contributed by atoms with van der Waals surface area (Å²) in [4.78, 5) is 13.3. The van der Waals surface area contributed by atoms with Gasteiger partial charge in [-0.15, -0.1) is 30.6 Å². The average Bonchev–Trinajstić information content (AvgIpc) is 2.63. The standard InChI is InChI=1S/C19H31N5O.HI/c1-5-6-7-10-23(4)19(20-3)22-14-17-8-9-21-18(13-17)24-11-12-25-16(2)15-24;/h5,8-9,13,16H,1,6-7,10-12,14-15H2,2-4H3,(H,20,22);1H. The zero-order valence-corrected chi connectivity index (χ0v) is 18.5. The number of hydrogen-bond acceptors (Lipinski definition) is 4. The number of anilines is 1. The Morgan fingerprint density at radius 2 is 2.38 bits per heavy atom. The van der Waals surface area contributed by atoms with Crippen LogP contribution in [0.3, 0.4) is 0 Å². The molecule has 7 heteroatoms. The van der Waals surface area contributed by atoms with Crippen LogP contribution in [0.5, 0.6) is 0 Å². The van der Waals surface area contributed by atoms with Crippen LogP contribution in [0.25, 0.3) is 0 Å². The number of aliphatic imine (C=N–C) groups is 1. The maximum Gasteiger partial charge on any atom is 0.193 e. The molecule has 1 aromatic heterocycles. The molecule has 0 saturated carbocycles. The normalized spacial score (nSPS) is 17.4. The molecule has 26 heavy (non-hydrogen) atoms. The van der Waals surface area contributed by atoms with Crippen LogP contribution in [0.4, 0.5) is 5.82 Å². The summed E-state index contributed by atoms with van der Waals surface area (Å²) in [6.45, 7) is 10.1. The van der Waals surface area contributed by atoms with Gasteiger partial charge in [0.1, 0.15) is 5.82 Å². The highest BCUT2D eigenvalue weighted by Crippen LogP contribution is 2.16. The lowest BCUT2D eigenvalue weighted by molar-refractivity contribution is 0.0529. The van der Waals surface area contributed by atoms with Crippen LogP contribution in [0, 0.1) is 0 Å². The number of unbranched alkanes of at least 4 members (excludes halogenated alkanes) is 1. The van der Waals surface area contributed by atoms with Gasteiger partial charge in [-0.1, -0.05) is 6.08 Å². The highest BCUT2D eigenvalue weighted by molar-refractivity contribution is 14.0. The maximum absolute atomic E-state index is 5.61. The minimum absolute atomic E-state index is 0. The fraction of sp³-hybridized carbons (Fsp3) is 0.579. The smallest absolute Gasteiger partial charge is 0.193 e. The molecule has 0 amide bonds. The van der Waals surface area contributed by atoms with Gasteiger partial charge in [-0.2, -0.15) is 0 Å². The van der Waals surface area contributed by atoms with Crippen molar-refractivity contribution in [3.05, 3.63) is 36.5 Å². The van der Waals surface area contributed by atoms with E-state index in [0.29, 0.717) is 0 Å². The highest BCUT2D eigenvalue weighted by atomic mass is 127. The Bertz CT molecular complexity index is 581. The van der Waals surface area contributed by atoms with E-state index in [1.165, 1.54) is 5.56 Å². The monoisotopic (exact) mass is 473 g/mol. The van der Waals surface area contributed by atoms with E-state index in [2.05, 4.69) is 51.7 Å². The Labute approximate surface area is 174 Å². The maximum atomic E-state index is 5.61. The van der Waals surface area contributed by atoms with Gasteiger partial charge in [0.25, 0.3) is 0 Å². The number of morpholine rings is 1. The molecule has 1 aliphatic heterocycles. The molecule has 1 N–H and O–H groups in total. The van der Waals surface area contributed by atoms with Gasteiger partial charge in [-0.05, 0) is 37.5 Å². The van der Waals surface area contributed by atoms with Crippen molar-refractivity contribution < 1.29 is 4.74 Å². The third-order valence-electron chi connectivity index (χ3n) is 4.30. The Morgan fingerprint density at radius 3 is 3.08 bits per heavy atom. The molecule has 1 atom stereocenters. The molecular weight excluding hydrogens is 441 g/mol. The second-order valence-corrected chi connectivity index (χ2v) is 6.40. The number of hydrogen-bond donors (Lipinski definition) is 1. The van der Waals surface area contributed by atoms with Gasteiger partial charge in [0, 0.05) is 46.5 Å². The second-order valence-electron chi connectivity index (χ2n) is 6.40. The molecule has 6 nitrogen and oxygen atoms in total. The van der Waals surface area contributed by atoms with Crippen molar-refractivity contribution in [1.82, 2.24) is 15.2 Å². The summed E-state index contributed by atoms with van der Waals surface area (Å²) in [5, 5.41) is 3.43. The molecule has 0 radical (unpaired) electrons. The zero-order chi connectivity index (χ0) is 18.1. The van der Waals surface area contributed by atoms with E-state index in [1.807, 2.05) is 25.4 Å². The Hall–Kier alpha value is -1.35. The lowest BCUT2D eigenvalue weighted by atomic mass is 10.2. The quantitative estimate of drug-likeness (QED) is 0.217. The first-order chi connectivity index (χ1) is 12.1. The van der Waals surface area contributed by atoms with E-state index in [1.54, 1.807) is 0 Å². The minimum Gasteiger partial charge on any atom is -0.375 e. The summed E-state index contributed by atoms with van der Waals surface area (Å²) in [5.74, 6) is 1.92. The molecule has 0 aliphatic carbocycles. The molecule has 1 unspecified atom stereocenters. The third kappa shape index (κ3) is 7.11. The first kappa shape index (κ1) is 22.7. The van der Waals surface area contributed by atoms with Crippen LogP contribution in [0.2, 0.25) is 0 Å². The molecule has 2 heterocycles. The Morgan fingerprint density at radius 1 is 1.58 bits per heavy atom. The topological polar surface area (TPSA) is 53.0 Å². The predicted octanol–water partition coefficient (Wildman–Crippen LogP) is 2.90. The molecule has 1 saturated heterocycles. The summed E-state index contributed by atoms with van der Waals surface area (Å²) in [6.07, 6.45) is 6.18. The Balaban J connectivity index is 0.00000338. The summed E-state index contributed by atoms with van der Waals surface area (Å²) >= 11 is 0. The third-order valence-corrected chi connectivity index (χ3v) is 4.30. The number of guanidine groups is 1. The summed E-state index contributed by atoms with van der Waals surface area (Å²) in [5.41, 5.74) is 1.20. The lowest BCUT2D eigenvalue weighted by Crippen LogP contribution is -2.41. The van der Waals surface area contributed by atoms with Gasteiger partial charge in [-0.3, -0.25) is 4.99 Å². The van der Waals surface area contributed by atoms with Crippen LogP contribution in [0.1, 0.15) is 25.3 Å². The van der Waals surface area contributed by atoms with Crippen LogP contribution in [-0.2, 0) is 11.3 Å². The number of aromatic nitrogens is 1. The molecular formula is C19H32IN5O. The van der Waals surface area contributed by atoms with E-state index in [4.69, 9.17) is 4.74 Å². The SMILES string of the molecule is C=CCCCN(C)C(=NC)NCc1ccnc(N2CCOC(C)C2)c1.I. The van der Waals surface area contributed by atoms with E-state index in [-0.39, 0.29) is 30.1 Å². The molecule has 1 fully saturated rings. The van der Waals surface area contributed by atoms with E-state index in [9.17, 15) is 0 Å². The van der Waals surface area contributed by atoms with Gasteiger partial charge in [0.2, 0.25) is 0 Å². The second kappa shape index (κ2) is 12.1. The largest absolute Gasteiger partial charge is 0.375 e. The molecule has 0 aromatic carbocycles. The van der Waals surface area contributed by atoms with E-state index in [0.717, 1.165) is 57.4 Å². The summed E-state index contributed by atoms with van der Waals surface area (Å²) < 4.78 is 5.61. The molecule has 0 spiro atoms. The fourth-order valence-electron chi connectivity index (χ4n) is 2.91. The number of rotatable bonds is 7. The molecule has 2 rings (SSSR count). The van der Waals surface area contributed by atoms with Gasteiger partial charge >= 0.3 is 0 Å². The van der Waals surface area contributed by atoms with Gasteiger partial charge in [0.15, 0.2) is 5.96 Å². The van der Waals surface area contributed by atoms with Gasteiger partial charge < -0.3 is 19.9 Å². The van der Waals surface area contributed by atoms with Crippen molar-refractivity contribution >= 4 is 35.8 Å². The predicted molar refractivity (Wildman–Crippen MR) is 120 cm³/mol. The molecule has 1 aliphatic rings. The molecule has 0 bridgehead atoms. The number of halogens is 1. The van der Waals surface area contributed by atoms with E-state index < -0.39 is 0 Å². The van der Waals surface area contributed by atoms with Crippen molar-refractivity contribution in [2.45, 2.75) is 32.4 Å². The van der Waals surface area contributed by atoms with E-state index >= 15 is 0 Å². The van der Waals surface area contributed by atoms with Gasteiger partial charge in [0.05, 0.1) is 12.7 Å². The molecule has 1 aromatic rings. The van der Waals surface area contributed by atoms with Crippen molar-refractivity contribution in [2.24, 2.45) is 4.99 Å². The highest BCUT2D eigenvalue weighted by Gasteiger charge is 2.18. The number of nitrogens with one attached hydrogen (secondary N) is 1. The van der Waals surface area contributed by atoms with Crippen LogP contribution in [-0.4, -0.2) is 62.3 Å². The number of nitrogens with zero attached hydrogens (tertiary/aromatic N) is 4. The lowest BCUT2D eigenvalue weighted by Gasteiger charge is -2.32. The first-order valence-electron chi connectivity index (χ1n) is 8.98.